The number of nitrogens with two attached hydrogens (primary N) is 2. The van der Waals surface area contributed by atoms with Gasteiger partial charge in [-0.25, -0.2) is 14.2 Å². The van der Waals surface area contributed by atoms with Crippen LogP contribution in [0.1, 0.15) is 71.6 Å². The molecule has 268 valence electrons. The Labute approximate surface area is 289 Å². The number of aliphatic hydroxyl groups excluding tert-OH is 1. The molecule has 0 saturated carbocycles. The molecule has 0 atom stereocenters. The van der Waals surface area contributed by atoms with Gasteiger partial charge in [0.2, 0.25) is 0 Å². The highest BCUT2D eigenvalue weighted by atomic mass is 16.5. The number of rotatable bonds is 15. The van der Waals surface area contributed by atoms with Gasteiger partial charge in [-0.15, -0.1) is 20.5 Å². The first kappa shape index (κ1) is 35.8. The van der Waals surface area contributed by atoms with Crippen molar-refractivity contribution in [3.63, 3.8) is 0 Å². The molecule has 0 bridgehead atoms. The Morgan fingerprint density at radius 1 is 0.784 bits per heavy atom. The molecule has 0 aromatic carbocycles. The molecule has 5 heterocycles. The van der Waals surface area contributed by atoms with Crippen molar-refractivity contribution < 1.29 is 24.5 Å². The Morgan fingerprint density at radius 3 is 1.71 bits per heavy atom. The molecule has 0 fully saturated rings. The Balaban J connectivity index is 1.58. The summed E-state index contributed by atoms with van der Waals surface area (Å²) >= 11 is 0. The van der Waals surface area contributed by atoms with E-state index in [9.17, 15) is 19.8 Å². The minimum absolute atomic E-state index is 0.0147. The van der Waals surface area contributed by atoms with Crippen LogP contribution in [0.25, 0.3) is 11.9 Å². The number of azo groups is 2. The average molecular weight is 704 g/mol. The average Bonchev–Trinajstić information content (AvgIpc) is 3.86. The van der Waals surface area contributed by atoms with Crippen LogP contribution < -0.4 is 11.5 Å². The number of unbranched alkanes of at least 4 members (excludes halogenated alkanes) is 2. The van der Waals surface area contributed by atoms with Crippen LogP contribution in [-0.2, 0) is 31.7 Å². The quantitative estimate of drug-likeness (QED) is 0.0692. The van der Waals surface area contributed by atoms with Gasteiger partial charge in [-0.05, 0) is 25.7 Å². The number of aryl methyl sites for hydroxylation is 4. The zero-order chi connectivity index (χ0) is 36.8. The number of Topliss-reactive ketones (excluding diaryl/α,β-unsaturated/α-hetero) is 1. The lowest BCUT2D eigenvalue weighted by Crippen LogP contribution is -2.13. The SMILES string of the molecule is CCCCc1nn(-c2nc(O)nc(-n3nc(CCCC)c(/N=N/c4c(C(=O)OC)cnn4C)c3N)n2)c(N)c1/N=N/c1c(C(=O)CO)cnn1C. The summed E-state index contributed by atoms with van der Waals surface area (Å²) in [5.41, 5.74) is 14.5. The summed E-state index contributed by atoms with van der Waals surface area (Å²) in [5.74, 6) is -1.38. The number of aromatic nitrogens is 11. The van der Waals surface area contributed by atoms with Crippen molar-refractivity contribution in [2.24, 2.45) is 34.6 Å². The van der Waals surface area contributed by atoms with E-state index in [0.29, 0.717) is 24.2 Å². The molecule has 6 N–H and O–H groups in total. The summed E-state index contributed by atoms with van der Waals surface area (Å²) in [7, 11) is 4.41. The van der Waals surface area contributed by atoms with Crippen molar-refractivity contribution in [3.8, 4) is 17.9 Å². The molecule has 0 aliphatic rings. The van der Waals surface area contributed by atoms with Gasteiger partial charge in [-0.1, -0.05) is 26.7 Å². The lowest BCUT2D eigenvalue weighted by atomic mass is 10.2. The van der Waals surface area contributed by atoms with Crippen molar-refractivity contribution in [1.29, 1.82) is 0 Å². The number of nitrogen functional groups attached to an aromatic ring is 2. The number of aliphatic hydroxyl groups is 1. The third kappa shape index (κ3) is 7.29. The number of carbonyl (C=O) groups is 2. The van der Waals surface area contributed by atoms with Crippen molar-refractivity contribution >= 4 is 46.4 Å². The number of ketones is 1. The van der Waals surface area contributed by atoms with E-state index in [-0.39, 0.29) is 57.7 Å². The number of nitrogens with zero attached hydrogens (tertiary/aromatic N) is 15. The van der Waals surface area contributed by atoms with Gasteiger partial charge in [0.05, 0.1) is 36.5 Å². The van der Waals surface area contributed by atoms with Crippen molar-refractivity contribution in [3.05, 3.63) is 34.9 Å². The van der Waals surface area contributed by atoms with E-state index >= 15 is 0 Å². The van der Waals surface area contributed by atoms with Crippen LogP contribution in [0.4, 0.5) is 34.6 Å². The predicted molar refractivity (Wildman–Crippen MR) is 179 cm³/mol. The standard InChI is InChI=1S/C29H37N17O5/c1-6-8-10-17-20(37-39-24-15(19(48)14-47)12-32-43(24)3)22(30)45(41-17)27-34-28(36-29(50)35-27)46-23(31)21(18(42-46)11-9-7-2)38-40-25-16(26(49)51-5)13-33-44(25)4/h12-13,47H,6-11,14,30-31H2,1-5H3,(H,34,35,36,50)/b39-37+,40-38+. The number of anilines is 2. The molecule has 51 heavy (non-hydrogen) atoms. The second-order valence-electron chi connectivity index (χ2n) is 11.1. The van der Waals surface area contributed by atoms with Gasteiger partial charge in [0.15, 0.2) is 40.4 Å². The van der Waals surface area contributed by atoms with E-state index in [4.69, 9.17) is 16.2 Å². The molecule has 5 aromatic rings. The van der Waals surface area contributed by atoms with Gasteiger partial charge in [-0.3, -0.25) is 4.79 Å². The molecule has 0 amide bonds. The molecular formula is C29H37N17O5. The van der Waals surface area contributed by atoms with E-state index in [0.717, 1.165) is 25.7 Å². The summed E-state index contributed by atoms with van der Waals surface area (Å²) < 4.78 is 9.86. The van der Waals surface area contributed by atoms with Crippen molar-refractivity contribution in [2.75, 3.05) is 25.2 Å². The van der Waals surface area contributed by atoms with Gasteiger partial charge < -0.3 is 26.4 Å². The van der Waals surface area contributed by atoms with E-state index < -0.39 is 24.4 Å². The van der Waals surface area contributed by atoms with Crippen LogP contribution in [0.2, 0.25) is 0 Å². The fraction of sp³-hybridized carbons (Fsp3) is 0.414. The van der Waals surface area contributed by atoms with E-state index in [1.807, 2.05) is 13.8 Å². The number of methoxy groups -OCH3 is 1. The van der Waals surface area contributed by atoms with E-state index in [1.54, 1.807) is 14.1 Å². The maximum absolute atomic E-state index is 12.2. The van der Waals surface area contributed by atoms with Crippen molar-refractivity contribution in [1.82, 2.24) is 54.1 Å². The number of esters is 1. The Bertz CT molecular complexity index is 1980. The molecule has 5 aromatic heterocycles. The van der Waals surface area contributed by atoms with Gasteiger partial charge in [-0.2, -0.15) is 44.7 Å². The van der Waals surface area contributed by atoms with Gasteiger partial charge >= 0.3 is 12.0 Å². The van der Waals surface area contributed by atoms with Crippen LogP contribution >= 0.6 is 0 Å². The molecule has 0 aliphatic carbocycles. The molecule has 0 aliphatic heterocycles. The maximum Gasteiger partial charge on any atom is 0.343 e. The van der Waals surface area contributed by atoms with Crippen LogP contribution in [0, 0.1) is 0 Å². The fourth-order valence-corrected chi connectivity index (χ4v) is 4.85. The molecular weight excluding hydrogens is 666 g/mol. The summed E-state index contributed by atoms with van der Waals surface area (Å²) in [4.78, 5) is 37.0. The smallest absolute Gasteiger partial charge is 0.343 e. The van der Waals surface area contributed by atoms with Gasteiger partial charge in [0, 0.05) is 14.1 Å². The first-order valence-electron chi connectivity index (χ1n) is 15.8. The minimum Gasteiger partial charge on any atom is -0.479 e. The largest absolute Gasteiger partial charge is 0.479 e. The first-order chi connectivity index (χ1) is 24.5. The molecule has 22 nitrogen and oxygen atoms in total. The molecule has 22 heteroatoms. The van der Waals surface area contributed by atoms with Crippen LogP contribution in [0.5, 0.6) is 6.01 Å². The second-order valence-corrected chi connectivity index (χ2v) is 11.1. The zero-order valence-electron chi connectivity index (χ0n) is 28.6. The van der Waals surface area contributed by atoms with E-state index in [2.05, 4.69) is 55.8 Å². The predicted octanol–water partition coefficient (Wildman–Crippen LogP) is 3.06. The molecule has 5 rings (SSSR count). The summed E-state index contributed by atoms with van der Waals surface area (Å²) in [6.45, 7) is 3.29. The number of hydrogen-bond donors (Lipinski definition) is 4. The molecule has 0 unspecified atom stereocenters. The van der Waals surface area contributed by atoms with Crippen molar-refractivity contribution in [2.45, 2.75) is 52.4 Å². The van der Waals surface area contributed by atoms with Crippen LogP contribution in [0.3, 0.4) is 0 Å². The fourth-order valence-electron chi connectivity index (χ4n) is 4.85. The number of aromatic hydroxyl groups is 1. The van der Waals surface area contributed by atoms with Gasteiger partial charge in [0.1, 0.15) is 12.2 Å². The summed E-state index contributed by atoms with van der Waals surface area (Å²) in [6, 6.07) is -0.684. The molecule has 0 saturated heterocycles. The lowest BCUT2D eigenvalue weighted by Gasteiger charge is -2.06. The van der Waals surface area contributed by atoms with Gasteiger partial charge in [0.25, 0.3) is 11.9 Å². The Morgan fingerprint density at radius 2 is 1.25 bits per heavy atom. The Kier molecular flexibility index (Phi) is 10.8. The first-order valence-corrected chi connectivity index (χ1v) is 15.8. The van der Waals surface area contributed by atoms with E-state index in [1.165, 1.54) is 38.2 Å². The number of ether oxygens (including phenoxy) is 1. The van der Waals surface area contributed by atoms with Crippen LogP contribution in [-0.4, -0.2) is 89.8 Å². The maximum atomic E-state index is 12.2. The molecule has 0 radical (unpaired) electrons. The topological polar surface area (TPSA) is 295 Å². The highest BCUT2D eigenvalue weighted by Crippen LogP contribution is 2.34. The summed E-state index contributed by atoms with van der Waals surface area (Å²) in [5, 5.41) is 54.3. The third-order valence-electron chi connectivity index (χ3n) is 7.60. The third-order valence-corrected chi connectivity index (χ3v) is 7.60. The highest BCUT2D eigenvalue weighted by molar-refractivity contribution is 6.00. The second kappa shape index (κ2) is 15.4. The summed E-state index contributed by atoms with van der Waals surface area (Å²) in [6.07, 6.45) is 6.66. The Hall–Kier alpha value is -6.45. The highest BCUT2D eigenvalue weighted by Gasteiger charge is 2.24. The zero-order valence-corrected chi connectivity index (χ0v) is 28.6. The minimum atomic E-state index is -0.729. The molecule has 0 spiro atoms. The number of hydrogen-bond acceptors (Lipinski definition) is 18. The normalized spacial score (nSPS) is 11.7. The van der Waals surface area contributed by atoms with Crippen LogP contribution in [0.15, 0.2) is 32.9 Å². The number of carbonyl (C=O) groups excluding carboxylic acids is 2. The lowest BCUT2D eigenvalue weighted by molar-refractivity contribution is 0.0601. The monoisotopic (exact) mass is 703 g/mol.